The summed E-state index contributed by atoms with van der Waals surface area (Å²) in [6.45, 7) is 5.96. The van der Waals surface area contributed by atoms with Crippen LogP contribution in [0.3, 0.4) is 0 Å². The molecule has 2 rings (SSSR count). The predicted octanol–water partition coefficient (Wildman–Crippen LogP) is 2.37. The van der Waals surface area contributed by atoms with Gasteiger partial charge in [-0.15, -0.1) is 0 Å². The second-order valence-corrected chi connectivity index (χ2v) is 5.55. The Balaban J connectivity index is 1.83. The molecule has 0 spiro atoms. The minimum atomic E-state index is -0.170. The van der Waals surface area contributed by atoms with E-state index in [4.69, 9.17) is 4.74 Å². The third-order valence-electron chi connectivity index (χ3n) is 2.60. The van der Waals surface area contributed by atoms with Gasteiger partial charge in [0.15, 0.2) is 0 Å². The molecule has 1 aliphatic carbocycles. The van der Waals surface area contributed by atoms with Crippen molar-refractivity contribution >= 4 is 5.91 Å². The van der Waals surface area contributed by atoms with E-state index in [-0.39, 0.29) is 23.5 Å². The quantitative estimate of drug-likeness (QED) is 0.870. The standard InChI is InChI=1S/C14H19NO2/c1-14(2,3)15-13(16)11-9-12(11)17-10-7-5-4-6-8-10/h4-8,11-12H,9H2,1-3H3,(H,15,16)/t11-,12-/m1/s1. The summed E-state index contributed by atoms with van der Waals surface area (Å²) < 4.78 is 5.71. The molecule has 92 valence electrons. The summed E-state index contributed by atoms with van der Waals surface area (Å²) in [4.78, 5) is 11.8. The summed E-state index contributed by atoms with van der Waals surface area (Å²) in [7, 11) is 0. The van der Waals surface area contributed by atoms with Crippen molar-refractivity contribution in [2.45, 2.75) is 38.8 Å². The zero-order valence-electron chi connectivity index (χ0n) is 10.6. The number of hydrogen-bond acceptors (Lipinski definition) is 2. The SMILES string of the molecule is CC(C)(C)NC(=O)[C@@H]1C[C@H]1Oc1ccccc1. The zero-order chi connectivity index (χ0) is 12.5. The van der Waals surface area contributed by atoms with Crippen LogP contribution in [0.25, 0.3) is 0 Å². The Bertz CT molecular complexity index is 394. The number of benzene rings is 1. The Kier molecular flexibility index (Phi) is 3.09. The average molecular weight is 233 g/mol. The van der Waals surface area contributed by atoms with Crippen LogP contribution < -0.4 is 10.1 Å². The third kappa shape index (κ3) is 3.48. The van der Waals surface area contributed by atoms with E-state index in [0.717, 1.165) is 12.2 Å². The van der Waals surface area contributed by atoms with Crippen molar-refractivity contribution in [2.24, 2.45) is 5.92 Å². The summed E-state index contributed by atoms with van der Waals surface area (Å²) in [6, 6.07) is 9.64. The molecule has 0 saturated heterocycles. The Morgan fingerprint density at radius 2 is 1.94 bits per heavy atom. The number of carbonyl (C=O) groups excluding carboxylic acids is 1. The van der Waals surface area contributed by atoms with E-state index < -0.39 is 0 Å². The Morgan fingerprint density at radius 1 is 1.29 bits per heavy atom. The molecule has 1 aromatic rings. The minimum absolute atomic E-state index is 0.00873. The van der Waals surface area contributed by atoms with Gasteiger partial charge in [-0.2, -0.15) is 0 Å². The summed E-state index contributed by atoms with van der Waals surface area (Å²) in [6.07, 6.45) is 0.858. The van der Waals surface area contributed by atoms with Crippen LogP contribution in [0.2, 0.25) is 0 Å². The van der Waals surface area contributed by atoms with Gasteiger partial charge in [-0.3, -0.25) is 4.79 Å². The van der Waals surface area contributed by atoms with E-state index in [0.29, 0.717) is 0 Å². The van der Waals surface area contributed by atoms with Gasteiger partial charge >= 0.3 is 0 Å². The van der Waals surface area contributed by atoms with Gasteiger partial charge in [0.2, 0.25) is 5.91 Å². The minimum Gasteiger partial charge on any atom is -0.490 e. The van der Waals surface area contributed by atoms with Crippen molar-refractivity contribution in [1.82, 2.24) is 5.32 Å². The zero-order valence-corrected chi connectivity index (χ0v) is 10.6. The molecular weight excluding hydrogens is 214 g/mol. The molecule has 3 nitrogen and oxygen atoms in total. The number of para-hydroxylation sites is 1. The fraction of sp³-hybridized carbons (Fsp3) is 0.500. The van der Waals surface area contributed by atoms with E-state index in [9.17, 15) is 4.79 Å². The summed E-state index contributed by atoms with van der Waals surface area (Å²) in [5.74, 6) is 0.941. The van der Waals surface area contributed by atoms with Crippen LogP contribution >= 0.6 is 0 Å². The molecule has 0 unspecified atom stereocenters. The van der Waals surface area contributed by atoms with E-state index in [1.165, 1.54) is 0 Å². The topological polar surface area (TPSA) is 38.3 Å². The molecule has 1 aromatic carbocycles. The Labute approximate surface area is 102 Å². The first-order valence-electron chi connectivity index (χ1n) is 5.99. The molecule has 1 amide bonds. The number of hydrogen-bond donors (Lipinski definition) is 1. The molecule has 0 aliphatic heterocycles. The molecule has 3 heteroatoms. The lowest BCUT2D eigenvalue weighted by Gasteiger charge is -2.20. The highest BCUT2D eigenvalue weighted by atomic mass is 16.5. The van der Waals surface area contributed by atoms with Crippen molar-refractivity contribution in [3.63, 3.8) is 0 Å². The van der Waals surface area contributed by atoms with Gasteiger partial charge in [-0.25, -0.2) is 0 Å². The van der Waals surface area contributed by atoms with Gasteiger partial charge in [-0.05, 0) is 32.9 Å². The highest BCUT2D eigenvalue weighted by Gasteiger charge is 2.46. The van der Waals surface area contributed by atoms with Crippen LogP contribution in [0.5, 0.6) is 5.75 Å². The molecule has 0 radical (unpaired) electrons. The van der Waals surface area contributed by atoms with Crippen molar-refractivity contribution in [3.8, 4) is 5.75 Å². The number of carbonyl (C=O) groups is 1. The maximum absolute atomic E-state index is 11.8. The van der Waals surface area contributed by atoms with Gasteiger partial charge in [0.05, 0.1) is 5.92 Å². The second kappa shape index (κ2) is 4.40. The molecular formula is C14H19NO2. The molecule has 0 bridgehead atoms. The lowest BCUT2D eigenvalue weighted by molar-refractivity contribution is -0.124. The Morgan fingerprint density at radius 3 is 2.53 bits per heavy atom. The van der Waals surface area contributed by atoms with Crippen molar-refractivity contribution in [1.29, 1.82) is 0 Å². The highest BCUT2D eigenvalue weighted by Crippen LogP contribution is 2.35. The monoisotopic (exact) mass is 233 g/mol. The molecule has 1 N–H and O–H groups in total. The second-order valence-electron chi connectivity index (χ2n) is 5.55. The van der Waals surface area contributed by atoms with Crippen LogP contribution in [0, 0.1) is 5.92 Å². The highest BCUT2D eigenvalue weighted by molar-refractivity contribution is 5.82. The molecule has 17 heavy (non-hydrogen) atoms. The predicted molar refractivity (Wildman–Crippen MR) is 66.9 cm³/mol. The smallest absolute Gasteiger partial charge is 0.227 e. The van der Waals surface area contributed by atoms with Gasteiger partial charge in [-0.1, -0.05) is 18.2 Å². The average Bonchev–Trinajstić information content (AvgIpc) is 2.96. The number of nitrogens with one attached hydrogen (secondary N) is 1. The van der Waals surface area contributed by atoms with Crippen LogP contribution in [0.4, 0.5) is 0 Å². The fourth-order valence-corrected chi connectivity index (χ4v) is 1.71. The number of rotatable bonds is 3. The number of ether oxygens (including phenoxy) is 1. The largest absolute Gasteiger partial charge is 0.490 e. The lowest BCUT2D eigenvalue weighted by Crippen LogP contribution is -2.42. The first-order chi connectivity index (χ1) is 7.96. The third-order valence-corrected chi connectivity index (χ3v) is 2.60. The van der Waals surface area contributed by atoms with Gasteiger partial charge in [0, 0.05) is 12.0 Å². The lowest BCUT2D eigenvalue weighted by atomic mass is 10.1. The molecule has 1 saturated carbocycles. The van der Waals surface area contributed by atoms with Crippen molar-refractivity contribution in [3.05, 3.63) is 30.3 Å². The van der Waals surface area contributed by atoms with E-state index in [1.807, 2.05) is 51.1 Å². The molecule has 2 atom stereocenters. The van der Waals surface area contributed by atoms with E-state index >= 15 is 0 Å². The maximum atomic E-state index is 11.8. The summed E-state index contributed by atoms with van der Waals surface area (Å²) >= 11 is 0. The summed E-state index contributed by atoms with van der Waals surface area (Å²) in [5, 5.41) is 2.98. The first kappa shape index (κ1) is 12.0. The first-order valence-corrected chi connectivity index (χ1v) is 5.99. The normalized spacial score (nSPS) is 23.0. The van der Waals surface area contributed by atoms with E-state index in [2.05, 4.69) is 5.32 Å². The molecule has 0 aromatic heterocycles. The summed E-state index contributed by atoms with van der Waals surface area (Å²) in [5.41, 5.74) is -0.170. The van der Waals surface area contributed by atoms with Crippen molar-refractivity contribution in [2.75, 3.05) is 0 Å². The van der Waals surface area contributed by atoms with Crippen LogP contribution in [0.1, 0.15) is 27.2 Å². The van der Waals surface area contributed by atoms with Crippen LogP contribution in [-0.2, 0) is 4.79 Å². The fourth-order valence-electron chi connectivity index (χ4n) is 1.71. The Hall–Kier alpha value is -1.51. The van der Waals surface area contributed by atoms with Gasteiger partial charge in [0.25, 0.3) is 0 Å². The van der Waals surface area contributed by atoms with Gasteiger partial charge < -0.3 is 10.1 Å². The van der Waals surface area contributed by atoms with Crippen molar-refractivity contribution < 1.29 is 9.53 Å². The van der Waals surface area contributed by atoms with E-state index in [1.54, 1.807) is 0 Å². The maximum Gasteiger partial charge on any atom is 0.227 e. The molecule has 1 fully saturated rings. The molecule has 0 heterocycles. The molecule has 1 aliphatic rings. The van der Waals surface area contributed by atoms with Crippen LogP contribution in [0.15, 0.2) is 30.3 Å². The number of amides is 1. The van der Waals surface area contributed by atoms with Crippen LogP contribution in [-0.4, -0.2) is 17.6 Å². The van der Waals surface area contributed by atoms with Gasteiger partial charge in [0.1, 0.15) is 11.9 Å².